The molecule has 9 heteroatoms. The molecule has 0 bridgehead atoms. The van der Waals surface area contributed by atoms with Crippen LogP contribution in [0.15, 0.2) is 77.3 Å². The maximum Gasteiger partial charge on any atom is 0.308 e. The molecule has 0 spiro atoms. The molecule has 1 atom stereocenters. The van der Waals surface area contributed by atoms with E-state index >= 15 is 0 Å². The minimum absolute atomic E-state index is 0.0832. The van der Waals surface area contributed by atoms with Crippen LogP contribution in [0, 0.1) is 0 Å². The molecule has 0 amide bonds. The smallest absolute Gasteiger partial charge is 0.308 e. The molecule has 0 saturated carbocycles. The van der Waals surface area contributed by atoms with Gasteiger partial charge in [0, 0.05) is 11.1 Å². The molecule has 0 saturated heterocycles. The van der Waals surface area contributed by atoms with Gasteiger partial charge in [0.1, 0.15) is 12.4 Å². The second-order valence-corrected chi connectivity index (χ2v) is 8.19. The third-order valence-corrected chi connectivity index (χ3v) is 5.76. The van der Waals surface area contributed by atoms with Gasteiger partial charge in [-0.05, 0) is 47.0 Å². The number of fused-ring (bicyclic) bond motifs is 1. The van der Waals surface area contributed by atoms with Crippen molar-refractivity contribution < 1.29 is 34.8 Å². The molecule has 1 aliphatic rings. The summed E-state index contributed by atoms with van der Waals surface area (Å²) in [5, 5.41) is 52.7. The van der Waals surface area contributed by atoms with Crippen molar-refractivity contribution >= 4 is 6.08 Å². The van der Waals surface area contributed by atoms with Crippen molar-refractivity contribution in [3.8, 4) is 28.6 Å². The number of benzene rings is 3. The second-order valence-electron chi connectivity index (χ2n) is 8.19. The van der Waals surface area contributed by atoms with Crippen LogP contribution in [0.5, 0.6) is 5.75 Å². The zero-order valence-electron chi connectivity index (χ0n) is 18.3. The molecule has 0 radical (unpaired) electrons. The van der Waals surface area contributed by atoms with Gasteiger partial charge in [-0.1, -0.05) is 53.7 Å². The van der Waals surface area contributed by atoms with Crippen molar-refractivity contribution in [2.45, 2.75) is 24.8 Å². The Morgan fingerprint density at radius 1 is 0.943 bits per heavy atom. The molecule has 3 aromatic carbocycles. The predicted octanol–water partition coefficient (Wildman–Crippen LogP) is 2.49. The van der Waals surface area contributed by atoms with Crippen LogP contribution in [0.3, 0.4) is 0 Å². The van der Waals surface area contributed by atoms with Gasteiger partial charge >= 0.3 is 5.97 Å². The van der Waals surface area contributed by atoms with E-state index in [0.717, 1.165) is 16.7 Å². The number of ether oxygens (including phenoxy) is 1. The van der Waals surface area contributed by atoms with E-state index in [0.29, 0.717) is 11.1 Å². The molecule has 4 aromatic rings. The minimum atomic E-state index is -3.14. The quantitative estimate of drug-likeness (QED) is 0.255. The van der Waals surface area contributed by atoms with Crippen molar-refractivity contribution in [1.29, 1.82) is 0 Å². The molecule has 1 aromatic heterocycles. The van der Waals surface area contributed by atoms with E-state index in [1.165, 1.54) is 12.1 Å². The molecular formula is C26H22N2O7. The fraction of sp³-hybridized carbons (Fsp3) is 0.154. The summed E-state index contributed by atoms with van der Waals surface area (Å²) in [4.78, 5) is 4.39. The Labute approximate surface area is 199 Å². The predicted molar refractivity (Wildman–Crippen MR) is 124 cm³/mol. The molecule has 0 fully saturated rings. The monoisotopic (exact) mass is 474 g/mol. The Balaban J connectivity index is 1.41. The summed E-state index contributed by atoms with van der Waals surface area (Å²) in [6.45, 7) is 0.163. The van der Waals surface area contributed by atoms with E-state index in [2.05, 4.69) is 10.1 Å². The number of hydrogen-bond acceptors (Lipinski definition) is 9. The number of nitrogens with zero attached hydrogens (tertiary/aromatic N) is 2. The fourth-order valence-electron chi connectivity index (χ4n) is 3.98. The Morgan fingerprint density at radius 2 is 1.71 bits per heavy atom. The summed E-state index contributed by atoms with van der Waals surface area (Å²) < 4.78 is 11.1. The third kappa shape index (κ3) is 4.72. The van der Waals surface area contributed by atoms with E-state index in [9.17, 15) is 25.5 Å². The zero-order valence-corrected chi connectivity index (χ0v) is 18.3. The van der Waals surface area contributed by atoms with Gasteiger partial charge in [0.05, 0.1) is 11.5 Å². The Morgan fingerprint density at radius 3 is 2.46 bits per heavy atom. The van der Waals surface area contributed by atoms with E-state index in [4.69, 9.17) is 9.26 Å². The first-order chi connectivity index (χ1) is 16.8. The van der Waals surface area contributed by atoms with Gasteiger partial charge < -0.3 is 34.8 Å². The summed E-state index contributed by atoms with van der Waals surface area (Å²) in [5.74, 6) is -3.17. The van der Waals surface area contributed by atoms with E-state index in [1.54, 1.807) is 36.4 Å². The first kappa shape index (κ1) is 22.9. The SMILES string of the molecule is OC(O)C1C=Cc2cc(-c3nc(-c4ccc(OCc5ccccc5)c(C(O)(O)O)c4)no3)ccc21. The summed E-state index contributed by atoms with van der Waals surface area (Å²) >= 11 is 0. The molecule has 5 N–H and O–H groups in total. The van der Waals surface area contributed by atoms with Crippen molar-refractivity contribution in [2.75, 3.05) is 0 Å². The lowest BCUT2D eigenvalue weighted by molar-refractivity contribution is -0.324. The lowest BCUT2D eigenvalue weighted by Crippen LogP contribution is -2.25. The molecule has 1 unspecified atom stereocenters. The summed E-state index contributed by atoms with van der Waals surface area (Å²) in [5.41, 5.74) is 3.19. The maximum absolute atomic E-state index is 9.90. The summed E-state index contributed by atoms with van der Waals surface area (Å²) in [6.07, 6.45) is 2.02. The van der Waals surface area contributed by atoms with Gasteiger partial charge in [-0.15, -0.1) is 0 Å². The third-order valence-electron chi connectivity index (χ3n) is 5.76. The molecule has 1 heterocycles. The highest BCUT2D eigenvalue weighted by Gasteiger charge is 2.28. The summed E-state index contributed by atoms with van der Waals surface area (Å²) in [7, 11) is 0. The van der Waals surface area contributed by atoms with Crippen LogP contribution >= 0.6 is 0 Å². The fourth-order valence-corrected chi connectivity index (χ4v) is 3.98. The van der Waals surface area contributed by atoms with Crippen molar-refractivity contribution in [3.05, 3.63) is 95.1 Å². The molecular weight excluding hydrogens is 452 g/mol. The minimum Gasteiger partial charge on any atom is -0.488 e. The Bertz CT molecular complexity index is 1370. The van der Waals surface area contributed by atoms with Crippen LogP contribution in [0.4, 0.5) is 0 Å². The molecule has 35 heavy (non-hydrogen) atoms. The van der Waals surface area contributed by atoms with Crippen LogP contribution in [0.2, 0.25) is 0 Å². The average Bonchev–Trinajstić information content (AvgIpc) is 3.50. The van der Waals surface area contributed by atoms with Crippen LogP contribution < -0.4 is 4.74 Å². The summed E-state index contributed by atoms with van der Waals surface area (Å²) in [6, 6.07) is 19.0. The number of rotatable bonds is 7. The average molecular weight is 474 g/mol. The van der Waals surface area contributed by atoms with Gasteiger partial charge in [-0.2, -0.15) is 4.98 Å². The largest absolute Gasteiger partial charge is 0.488 e. The highest BCUT2D eigenvalue weighted by Crippen LogP contribution is 2.36. The molecule has 9 nitrogen and oxygen atoms in total. The highest BCUT2D eigenvalue weighted by molar-refractivity contribution is 5.70. The number of aromatic nitrogens is 2. The number of aliphatic hydroxyl groups is 5. The van der Waals surface area contributed by atoms with Crippen molar-refractivity contribution in [3.63, 3.8) is 0 Å². The topological polar surface area (TPSA) is 149 Å². The second kappa shape index (κ2) is 9.06. The van der Waals surface area contributed by atoms with Gasteiger partial charge in [0.15, 0.2) is 6.29 Å². The van der Waals surface area contributed by atoms with Gasteiger partial charge in [0.25, 0.3) is 5.89 Å². The van der Waals surface area contributed by atoms with E-state index in [1.807, 2.05) is 30.3 Å². The number of hydrogen-bond donors (Lipinski definition) is 5. The van der Waals surface area contributed by atoms with Crippen molar-refractivity contribution in [1.82, 2.24) is 10.1 Å². The lowest BCUT2D eigenvalue weighted by atomic mass is 9.98. The van der Waals surface area contributed by atoms with Gasteiger partial charge in [-0.3, -0.25) is 0 Å². The van der Waals surface area contributed by atoms with Crippen LogP contribution in [0.1, 0.15) is 28.2 Å². The van der Waals surface area contributed by atoms with Crippen LogP contribution in [0.25, 0.3) is 28.9 Å². The van der Waals surface area contributed by atoms with Crippen LogP contribution in [-0.4, -0.2) is 42.0 Å². The lowest BCUT2D eigenvalue weighted by Gasteiger charge is -2.19. The first-order valence-electron chi connectivity index (χ1n) is 10.8. The molecule has 178 valence electrons. The van der Waals surface area contributed by atoms with Crippen LogP contribution in [-0.2, 0) is 12.6 Å². The van der Waals surface area contributed by atoms with E-state index in [-0.39, 0.29) is 29.6 Å². The standard InChI is InChI=1S/C26H22N2O7/c29-25(30)20-10-6-16-12-18(7-9-19(16)20)24-27-23(28-35-24)17-8-11-22(21(13-17)26(31,32)33)34-14-15-4-2-1-3-5-15/h1-13,20,25,29-33H,14H2. The number of aliphatic hydroxyl groups excluding tert-OH is 1. The van der Waals surface area contributed by atoms with Gasteiger partial charge in [-0.25, -0.2) is 0 Å². The zero-order chi connectivity index (χ0) is 24.6. The van der Waals surface area contributed by atoms with E-state index < -0.39 is 18.2 Å². The maximum atomic E-state index is 9.90. The Hall–Kier alpha value is -3.86. The molecule has 1 aliphatic carbocycles. The molecule has 5 rings (SSSR count). The normalized spacial score (nSPS) is 15.0. The Kier molecular flexibility index (Phi) is 5.93. The highest BCUT2D eigenvalue weighted by atomic mass is 16.7. The van der Waals surface area contributed by atoms with Gasteiger partial charge in [0.2, 0.25) is 5.82 Å². The van der Waals surface area contributed by atoms with Crippen molar-refractivity contribution in [2.24, 2.45) is 0 Å². The molecule has 0 aliphatic heterocycles. The first-order valence-corrected chi connectivity index (χ1v) is 10.8.